The lowest BCUT2D eigenvalue weighted by molar-refractivity contribution is 0.299. The molecule has 17 heavy (non-hydrogen) atoms. The van der Waals surface area contributed by atoms with Crippen molar-refractivity contribution in [3.63, 3.8) is 0 Å². The smallest absolute Gasteiger partial charge is 0.0946 e. The van der Waals surface area contributed by atoms with E-state index in [4.69, 9.17) is 5.11 Å². The summed E-state index contributed by atoms with van der Waals surface area (Å²) in [7, 11) is 1.98. The standard InChI is InChI=1S/C13H17N3O/c1-16-10-14-8-13(16)9-15-12-4-2-11(3-5-12)6-7-17/h2-5,8,10,15,17H,6-7,9H2,1H3. The first-order chi connectivity index (χ1) is 8.29. The SMILES string of the molecule is Cn1cncc1CNc1ccc(CCO)cc1. The molecule has 2 N–H and O–H groups in total. The van der Waals surface area contributed by atoms with Gasteiger partial charge in [0.25, 0.3) is 0 Å². The number of aryl methyl sites for hydroxylation is 1. The minimum atomic E-state index is 0.196. The molecule has 2 aromatic rings. The van der Waals surface area contributed by atoms with E-state index in [0.29, 0.717) is 6.42 Å². The average Bonchev–Trinajstić information content (AvgIpc) is 2.75. The third kappa shape index (κ3) is 3.07. The van der Waals surface area contributed by atoms with Crippen LogP contribution in [0, 0.1) is 0 Å². The molecular weight excluding hydrogens is 214 g/mol. The minimum absolute atomic E-state index is 0.196. The van der Waals surface area contributed by atoms with E-state index in [-0.39, 0.29) is 6.61 Å². The molecule has 1 aromatic carbocycles. The van der Waals surface area contributed by atoms with E-state index in [1.807, 2.05) is 42.1 Å². The number of hydrogen-bond acceptors (Lipinski definition) is 3. The van der Waals surface area contributed by atoms with Crippen molar-refractivity contribution < 1.29 is 5.11 Å². The van der Waals surface area contributed by atoms with E-state index in [1.165, 1.54) is 0 Å². The molecule has 2 rings (SSSR count). The number of rotatable bonds is 5. The van der Waals surface area contributed by atoms with Crippen LogP contribution in [0.4, 0.5) is 5.69 Å². The second-order valence-corrected chi connectivity index (χ2v) is 4.02. The highest BCUT2D eigenvalue weighted by atomic mass is 16.2. The predicted molar refractivity (Wildman–Crippen MR) is 67.8 cm³/mol. The average molecular weight is 231 g/mol. The molecule has 0 amide bonds. The van der Waals surface area contributed by atoms with Crippen LogP contribution in [0.25, 0.3) is 0 Å². The van der Waals surface area contributed by atoms with Gasteiger partial charge in [-0.1, -0.05) is 12.1 Å². The predicted octanol–water partition coefficient (Wildman–Crippen LogP) is 1.57. The van der Waals surface area contributed by atoms with Gasteiger partial charge in [-0.25, -0.2) is 4.98 Å². The fourth-order valence-corrected chi connectivity index (χ4v) is 1.67. The fraction of sp³-hybridized carbons (Fsp3) is 0.308. The molecule has 4 heteroatoms. The Balaban J connectivity index is 1.93. The first-order valence-corrected chi connectivity index (χ1v) is 5.68. The van der Waals surface area contributed by atoms with Gasteiger partial charge < -0.3 is 15.0 Å². The number of nitrogens with one attached hydrogen (secondary N) is 1. The lowest BCUT2D eigenvalue weighted by Gasteiger charge is -2.07. The molecule has 4 nitrogen and oxygen atoms in total. The van der Waals surface area contributed by atoms with Crippen LogP contribution in [0.2, 0.25) is 0 Å². The zero-order valence-electron chi connectivity index (χ0n) is 9.93. The summed E-state index contributed by atoms with van der Waals surface area (Å²) < 4.78 is 1.99. The van der Waals surface area contributed by atoms with Gasteiger partial charge in [0.05, 0.1) is 18.6 Å². The monoisotopic (exact) mass is 231 g/mol. The lowest BCUT2D eigenvalue weighted by atomic mass is 10.1. The van der Waals surface area contributed by atoms with E-state index < -0.39 is 0 Å². The Labute approximate surface area is 101 Å². The number of imidazole rings is 1. The maximum Gasteiger partial charge on any atom is 0.0946 e. The van der Waals surface area contributed by atoms with Crippen LogP contribution in [-0.2, 0) is 20.0 Å². The van der Waals surface area contributed by atoms with Crippen LogP contribution in [0.5, 0.6) is 0 Å². The first-order valence-electron chi connectivity index (χ1n) is 5.68. The van der Waals surface area contributed by atoms with Crippen LogP contribution >= 0.6 is 0 Å². The molecule has 0 saturated carbocycles. The van der Waals surface area contributed by atoms with Crippen molar-refractivity contribution in [2.75, 3.05) is 11.9 Å². The summed E-state index contributed by atoms with van der Waals surface area (Å²) in [5, 5.41) is 12.2. The normalized spacial score (nSPS) is 10.5. The Morgan fingerprint density at radius 2 is 2.06 bits per heavy atom. The number of aromatic nitrogens is 2. The maximum atomic E-state index is 8.82. The van der Waals surface area contributed by atoms with Crippen molar-refractivity contribution in [2.24, 2.45) is 7.05 Å². The molecule has 0 radical (unpaired) electrons. The van der Waals surface area contributed by atoms with E-state index in [0.717, 1.165) is 23.5 Å². The summed E-state index contributed by atoms with van der Waals surface area (Å²) in [5.41, 5.74) is 3.37. The summed E-state index contributed by atoms with van der Waals surface area (Å²) in [6.45, 7) is 0.956. The summed E-state index contributed by atoms with van der Waals surface area (Å²) in [6.07, 6.45) is 4.36. The summed E-state index contributed by atoms with van der Waals surface area (Å²) >= 11 is 0. The third-order valence-electron chi connectivity index (χ3n) is 2.74. The van der Waals surface area contributed by atoms with Gasteiger partial charge in [0.1, 0.15) is 0 Å². The van der Waals surface area contributed by atoms with Gasteiger partial charge in [-0.05, 0) is 24.1 Å². The molecule has 0 bridgehead atoms. The van der Waals surface area contributed by atoms with Crippen molar-refractivity contribution in [1.29, 1.82) is 0 Å². The molecular formula is C13H17N3O. The van der Waals surface area contributed by atoms with Gasteiger partial charge in [0, 0.05) is 25.5 Å². The summed E-state index contributed by atoms with van der Waals surface area (Å²) in [6, 6.07) is 8.12. The van der Waals surface area contributed by atoms with Crippen LogP contribution < -0.4 is 5.32 Å². The molecule has 0 fully saturated rings. The number of anilines is 1. The molecule has 0 aliphatic rings. The molecule has 0 atom stereocenters. The second kappa shape index (κ2) is 5.50. The molecule has 0 spiro atoms. The maximum absolute atomic E-state index is 8.82. The van der Waals surface area contributed by atoms with Gasteiger partial charge in [-0.3, -0.25) is 0 Å². The fourth-order valence-electron chi connectivity index (χ4n) is 1.67. The largest absolute Gasteiger partial charge is 0.396 e. The van der Waals surface area contributed by atoms with E-state index in [9.17, 15) is 0 Å². The minimum Gasteiger partial charge on any atom is -0.396 e. The second-order valence-electron chi connectivity index (χ2n) is 4.02. The van der Waals surface area contributed by atoms with Gasteiger partial charge in [-0.15, -0.1) is 0 Å². The zero-order chi connectivity index (χ0) is 12.1. The van der Waals surface area contributed by atoms with E-state index >= 15 is 0 Å². The van der Waals surface area contributed by atoms with Crippen LogP contribution in [-0.4, -0.2) is 21.3 Å². The Morgan fingerprint density at radius 3 is 2.65 bits per heavy atom. The van der Waals surface area contributed by atoms with Crippen molar-refractivity contribution in [3.05, 3.63) is 48.0 Å². The van der Waals surface area contributed by atoms with Gasteiger partial charge in [0.15, 0.2) is 0 Å². The van der Waals surface area contributed by atoms with Crippen LogP contribution in [0.3, 0.4) is 0 Å². The molecule has 90 valence electrons. The van der Waals surface area contributed by atoms with E-state index in [1.54, 1.807) is 6.33 Å². The van der Waals surface area contributed by atoms with E-state index in [2.05, 4.69) is 10.3 Å². The highest BCUT2D eigenvalue weighted by Gasteiger charge is 1.98. The number of aliphatic hydroxyl groups excluding tert-OH is 1. The van der Waals surface area contributed by atoms with Gasteiger partial charge in [0.2, 0.25) is 0 Å². The molecule has 0 saturated heterocycles. The van der Waals surface area contributed by atoms with Crippen molar-refractivity contribution in [1.82, 2.24) is 9.55 Å². The number of nitrogens with zero attached hydrogens (tertiary/aromatic N) is 2. The molecule has 1 heterocycles. The highest BCUT2D eigenvalue weighted by molar-refractivity contribution is 5.44. The van der Waals surface area contributed by atoms with Crippen molar-refractivity contribution >= 4 is 5.69 Å². The molecule has 0 aliphatic carbocycles. The summed E-state index contributed by atoms with van der Waals surface area (Å²) in [4.78, 5) is 4.07. The number of benzene rings is 1. The van der Waals surface area contributed by atoms with Gasteiger partial charge in [-0.2, -0.15) is 0 Å². The van der Waals surface area contributed by atoms with Crippen LogP contribution in [0.15, 0.2) is 36.8 Å². The Bertz CT molecular complexity index is 462. The molecule has 0 aliphatic heterocycles. The Morgan fingerprint density at radius 1 is 1.29 bits per heavy atom. The highest BCUT2D eigenvalue weighted by Crippen LogP contribution is 2.11. The quantitative estimate of drug-likeness (QED) is 0.821. The topological polar surface area (TPSA) is 50.1 Å². The third-order valence-corrected chi connectivity index (χ3v) is 2.74. The van der Waals surface area contributed by atoms with Crippen molar-refractivity contribution in [3.8, 4) is 0 Å². The Hall–Kier alpha value is -1.81. The van der Waals surface area contributed by atoms with Crippen molar-refractivity contribution in [2.45, 2.75) is 13.0 Å². The number of hydrogen-bond donors (Lipinski definition) is 2. The molecule has 1 aromatic heterocycles. The lowest BCUT2D eigenvalue weighted by Crippen LogP contribution is -2.03. The zero-order valence-corrected chi connectivity index (χ0v) is 9.93. The Kier molecular flexibility index (Phi) is 3.77. The van der Waals surface area contributed by atoms with Gasteiger partial charge >= 0.3 is 0 Å². The molecule has 0 unspecified atom stereocenters. The first kappa shape index (κ1) is 11.7. The summed E-state index contributed by atoms with van der Waals surface area (Å²) in [5.74, 6) is 0. The number of aliphatic hydroxyl groups is 1. The van der Waals surface area contributed by atoms with Crippen LogP contribution in [0.1, 0.15) is 11.3 Å².